The number of hydrogen-bond donors (Lipinski definition) is 1. The number of carbonyl (C=O) groups excluding carboxylic acids is 2. The summed E-state index contributed by atoms with van der Waals surface area (Å²) in [6, 6.07) is 20.8. The number of allylic oxidation sites excluding steroid dienone is 1. The van der Waals surface area contributed by atoms with Gasteiger partial charge in [0.05, 0.1) is 13.4 Å². The molecule has 40 heavy (non-hydrogen) atoms. The first-order valence-corrected chi connectivity index (χ1v) is 14.3. The molecule has 4 rings (SSSR count). The number of aromatic nitrogens is 2. The number of carbonyl (C=O) groups is 2. The van der Waals surface area contributed by atoms with E-state index in [-0.39, 0.29) is 11.7 Å². The van der Waals surface area contributed by atoms with Crippen LogP contribution < -0.4 is 5.32 Å². The minimum absolute atomic E-state index is 0.313. The van der Waals surface area contributed by atoms with Crippen LogP contribution in [0.4, 0.5) is 4.39 Å². The summed E-state index contributed by atoms with van der Waals surface area (Å²) in [6.07, 6.45) is 7.98. The minimum Gasteiger partial charge on any atom is -0.467 e. The van der Waals surface area contributed by atoms with Crippen LogP contribution in [-0.2, 0) is 16.1 Å². The molecular weight excluding hydrogens is 525 g/mol. The number of ether oxygens (including phenoxy) is 1. The monoisotopic (exact) mass is 557 g/mol. The lowest BCUT2D eigenvalue weighted by Gasteiger charge is -2.19. The van der Waals surface area contributed by atoms with Gasteiger partial charge in [0.15, 0.2) is 0 Å². The summed E-state index contributed by atoms with van der Waals surface area (Å²) in [6.45, 7) is 2.48. The van der Waals surface area contributed by atoms with E-state index in [1.807, 2.05) is 66.3 Å². The van der Waals surface area contributed by atoms with Gasteiger partial charge in [-0.1, -0.05) is 54.6 Å². The highest BCUT2D eigenvalue weighted by molar-refractivity contribution is 7.98. The summed E-state index contributed by atoms with van der Waals surface area (Å²) in [5.41, 5.74) is 5.61. The van der Waals surface area contributed by atoms with Gasteiger partial charge in [-0.15, -0.1) is 0 Å². The van der Waals surface area contributed by atoms with Gasteiger partial charge in [0.1, 0.15) is 11.9 Å². The van der Waals surface area contributed by atoms with Crippen molar-refractivity contribution in [3.63, 3.8) is 0 Å². The molecule has 0 aliphatic heterocycles. The number of benzene rings is 3. The van der Waals surface area contributed by atoms with Gasteiger partial charge in [0.2, 0.25) is 0 Å². The highest BCUT2D eigenvalue weighted by Gasteiger charge is 2.24. The standard InChI is InChI=1S/C32H32FN3O3S/c1-22-19-34-21-36(22)20-26(23-12-14-27(33)15-13-23)18-25-10-7-11-28(30(25)24-8-5-4-6-9-24)31(37)35-29(16-17-40-3)32(38)39-2/h4-15,18-19,21,29H,16-17,20H2,1-3H3,(H,35,37)/b26-18-/t29-/m0/s1. The number of rotatable bonds is 11. The van der Waals surface area contributed by atoms with E-state index in [4.69, 9.17) is 4.74 Å². The molecule has 1 heterocycles. The Kier molecular flexibility index (Phi) is 9.91. The topological polar surface area (TPSA) is 73.2 Å². The van der Waals surface area contributed by atoms with E-state index >= 15 is 0 Å². The van der Waals surface area contributed by atoms with Crippen LogP contribution in [-0.4, -0.2) is 46.6 Å². The Morgan fingerprint density at radius 3 is 2.48 bits per heavy atom. The molecule has 3 aromatic carbocycles. The molecule has 8 heteroatoms. The molecule has 6 nitrogen and oxygen atoms in total. The fraction of sp³-hybridized carbons (Fsp3) is 0.219. The zero-order chi connectivity index (χ0) is 28.5. The van der Waals surface area contributed by atoms with E-state index in [1.54, 1.807) is 42.5 Å². The Bertz CT molecular complexity index is 1480. The van der Waals surface area contributed by atoms with Crippen molar-refractivity contribution in [2.75, 3.05) is 19.1 Å². The van der Waals surface area contributed by atoms with Crippen molar-refractivity contribution in [2.45, 2.75) is 25.9 Å². The molecule has 0 saturated heterocycles. The van der Waals surface area contributed by atoms with Crippen molar-refractivity contribution in [1.82, 2.24) is 14.9 Å². The Morgan fingerprint density at radius 1 is 1.07 bits per heavy atom. The Balaban J connectivity index is 1.84. The molecule has 0 spiro atoms. The number of hydrogen-bond acceptors (Lipinski definition) is 5. The SMILES string of the molecule is COC(=O)[C@H](CCSC)NC(=O)c1cccc(/C=C(/Cn2cncc2C)c2ccc(F)cc2)c1-c1ccccc1. The zero-order valence-corrected chi connectivity index (χ0v) is 23.6. The second-order valence-corrected chi connectivity index (χ2v) is 10.3. The van der Waals surface area contributed by atoms with Crippen LogP contribution in [0.1, 0.15) is 33.6 Å². The van der Waals surface area contributed by atoms with Crippen molar-refractivity contribution in [3.05, 3.63) is 114 Å². The number of esters is 1. The van der Waals surface area contributed by atoms with Gasteiger partial charge in [-0.25, -0.2) is 14.2 Å². The maximum Gasteiger partial charge on any atom is 0.328 e. The van der Waals surface area contributed by atoms with Crippen molar-refractivity contribution in [3.8, 4) is 11.1 Å². The number of amides is 1. The van der Waals surface area contributed by atoms with Gasteiger partial charge in [-0.05, 0) is 71.9 Å². The molecule has 1 atom stereocenters. The summed E-state index contributed by atoms with van der Waals surface area (Å²) in [5.74, 6) is -0.455. The highest BCUT2D eigenvalue weighted by atomic mass is 32.2. The quantitative estimate of drug-likeness (QED) is 0.174. The number of imidazole rings is 1. The molecule has 0 fully saturated rings. The van der Waals surface area contributed by atoms with Crippen LogP contribution in [0.25, 0.3) is 22.8 Å². The van der Waals surface area contributed by atoms with Crippen LogP contribution >= 0.6 is 11.8 Å². The van der Waals surface area contributed by atoms with Gasteiger partial charge >= 0.3 is 5.97 Å². The predicted molar refractivity (Wildman–Crippen MR) is 159 cm³/mol. The van der Waals surface area contributed by atoms with E-state index in [9.17, 15) is 14.0 Å². The largest absolute Gasteiger partial charge is 0.467 e. The maximum atomic E-state index is 13.8. The van der Waals surface area contributed by atoms with Crippen LogP contribution in [0.2, 0.25) is 0 Å². The van der Waals surface area contributed by atoms with Crippen LogP contribution in [0.3, 0.4) is 0 Å². The fourth-order valence-electron chi connectivity index (χ4n) is 4.48. The van der Waals surface area contributed by atoms with Crippen molar-refractivity contribution in [1.29, 1.82) is 0 Å². The number of nitrogens with one attached hydrogen (secondary N) is 1. The second kappa shape index (κ2) is 13.8. The third kappa shape index (κ3) is 7.07. The van der Waals surface area contributed by atoms with Gasteiger partial charge in [0, 0.05) is 29.6 Å². The number of methoxy groups -OCH3 is 1. The lowest BCUT2D eigenvalue weighted by Crippen LogP contribution is -2.42. The van der Waals surface area contributed by atoms with Crippen molar-refractivity contribution < 1.29 is 18.7 Å². The molecule has 1 aromatic heterocycles. The molecule has 0 unspecified atom stereocenters. The average Bonchev–Trinajstić information content (AvgIpc) is 3.39. The Hall–Kier alpha value is -4.17. The van der Waals surface area contributed by atoms with E-state index in [0.29, 0.717) is 24.3 Å². The first-order chi connectivity index (χ1) is 19.4. The normalized spacial score (nSPS) is 12.2. The molecule has 1 N–H and O–H groups in total. The first kappa shape index (κ1) is 28.8. The second-order valence-electron chi connectivity index (χ2n) is 9.31. The van der Waals surface area contributed by atoms with Gasteiger partial charge in [0.25, 0.3) is 5.91 Å². The number of nitrogens with zero attached hydrogens (tertiary/aromatic N) is 2. The molecule has 0 saturated carbocycles. The lowest BCUT2D eigenvalue weighted by molar-refractivity contribution is -0.142. The molecule has 0 aliphatic rings. The maximum absolute atomic E-state index is 13.8. The summed E-state index contributed by atoms with van der Waals surface area (Å²) in [4.78, 5) is 30.3. The van der Waals surface area contributed by atoms with Gasteiger partial charge in [-0.3, -0.25) is 4.79 Å². The molecule has 206 valence electrons. The Morgan fingerprint density at radius 2 is 1.82 bits per heavy atom. The summed E-state index contributed by atoms with van der Waals surface area (Å²) < 4.78 is 20.8. The van der Waals surface area contributed by atoms with E-state index < -0.39 is 12.0 Å². The van der Waals surface area contributed by atoms with Gasteiger partial charge in [-0.2, -0.15) is 11.8 Å². The summed E-state index contributed by atoms with van der Waals surface area (Å²) >= 11 is 1.59. The Labute approximate surface area is 238 Å². The fourth-order valence-corrected chi connectivity index (χ4v) is 4.95. The molecule has 0 aliphatic carbocycles. The molecule has 1 amide bonds. The third-order valence-corrected chi connectivity index (χ3v) is 7.26. The van der Waals surface area contributed by atoms with E-state index in [0.717, 1.165) is 33.5 Å². The summed E-state index contributed by atoms with van der Waals surface area (Å²) in [5, 5.41) is 2.89. The lowest BCUT2D eigenvalue weighted by atomic mass is 9.91. The zero-order valence-electron chi connectivity index (χ0n) is 22.8. The number of aryl methyl sites for hydroxylation is 1. The summed E-state index contributed by atoms with van der Waals surface area (Å²) in [7, 11) is 1.32. The first-order valence-electron chi connectivity index (χ1n) is 12.9. The molecular formula is C32H32FN3O3S. The van der Waals surface area contributed by atoms with Crippen molar-refractivity contribution >= 4 is 35.3 Å². The minimum atomic E-state index is -0.758. The third-order valence-electron chi connectivity index (χ3n) is 6.61. The molecule has 0 bridgehead atoms. The number of halogens is 1. The van der Waals surface area contributed by atoms with Crippen LogP contribution in [0.5, 0.6) is 0 Å². The highest BCUT2D eigenvalue weighted by Crippen LogP contribution is 2.32. The average molecular weight is 558 g/mol. The van der Waals surface area contributed by atoms with Crippen molar-refractivity contribution in [2.24, 2.45) is 0 Å². The molecule has 4 aromatic rings. The van der Waals surface area contributed by atoms with Crippen LogP contribution in [0.15, 0.2) is 85.3 Å². The smallest absolute Gasteiger partial charge is 0.328 e. The predicted octanol–water partition coefficient (Wildman–Crippen LogP) is 6.26. The number of thioether (sulfide) groups is 1. The molecule has 0 radical (unpaired) electrons. The van der Waals surface area contributed by atoms with Gasteiger partial charge < -0.3 is 14.6 Å². The van der Waals surface area contributed by atoms with E-state index in [2.05, 4.69) is 10.3 Å². The van der Waals surface area contributed by atoms with Crippen LogP contribution in [0, 0.1) is 12.7 Å². The van der Waals surface area contributed by atoms with E-state index in [1.165, 1.54) is 19.2 Å².